The second-order valence-corrected chi connectivity index (χ2v) is 12.1. The lowest BCUT2D eigenvalue weighted by Crippen LogP contribution is -2.48. The zero-order valence-corrected chi connectivity index (χ0v) is 21.8. The van der Waals surface area contributed by atoms with E-state index < -0.39 is 0 Å². The van der Waals surface area contributed by atoms with E-state index in [-0.39, 0.29) is 29.7 Å². The number of aryl methyl sites for hydroxylation is 1. The van der Waals surface area contributed by atoms with Gasteiger partial charge in [-0.1, -0.05) is 23.8 Å². The van der Waals surface area contributed by atoms with Crippen LogP contribution in [0, 0.1) is 24.7 Å². The maximum Gasteiger partial charge on any atom is 0.293 e. The van der Waals surface area contributed by atoms with Crippen molar-refractivity contribution in [2.24, 2.45) is 17.8 Å². The minimum Gasteiger partial charge on any atom is -0.496 e. The molecule has 7 rings (SSSR count). The number of hydrogen-bond donors (Lipinski definition) is 0. The molecule has 6 heteroatoms. The molecule has 2 aromatic rings. The molecule has 5 nitrogen and oxygen atoms in total. The van der Waals surface area contributed by atoms with Gasteiger partial charge in [0.2, 0.25) is 0 Å². The maximum absolute atomic E-state index is 13.1. The van der Waals surface area contributed by atoms with Gasteiger partial charge < -0.3 is 9.47 Å². The second-order valence-electron chi connectivity index (χ2n) is 11.1. The molecule has 2 aromatic carbocycles. The Morgan fingerprint density at radius 1 is 1.00 bits per heavy atom. The van der Waals surface area contributed by atoms with Crippen molar-refractivity contribution in [2.75, 3.05) is 20.3 Å². The summed E-state index contributed by atoms with van der Waals surface area (Å²) in [6.07, 6.45) is 9.90. The number of nitrogens with zero attached hydrogens (tertiary/aromatic N) is 1. The first kappa shape index (κ1) is 23.7. The summed E-state index contributed by atoms with van der Waals surface area (Å²) < 4.78 is 11.4. The Balaban J connectivity index is 1.20. The number of methoxy groups -OCH3 is 1. The quantitative estimate of drug-likeness (QED) is 0.399. The third kappa shape index (κ3) is 4.34. The first-order valence-electron chi connectivity index (χ1n) is 13.1. The number of rotatable bonds is 7. The van der Waals surface area contributed by atoms with Crippen molar-refractivity contribution in [3.63, 3.8) is 0 Å². The largest absolute Gasteiger partial charge is 0.496 e. The predicted molar refractivity (Wildman–Crippen MR) is 142 cm³/mol. The highest BCUT2D eigenvalue weighted by Gasteiger charge is 2.51. The Morgan fingerprint density at radius 3 is 2.31 bits per heavy atom. The fourth-order valence-corrected chi connectivity index (χ4v) is 8.22. The monoisotopic (exact) mass is 503 g/mol. The molecule has 1 aliphatic heterocycles. The van der Waals surface area contributed by atoms with Crippen molar-refractivity contribution in [1.29, 1.82) is 0 Å². The molecule has 1 saturated heterocycles. The van der Waals surface area contributed by atoms with Gasteiger partial charge in [-0.15, -0.1) is 0 Å². The topological polar surface area (TPSA) is 55.8 Å². The molecule has 188 valence electrons. The van der Waals surface area contributed by atoms with Crippen LogP contribution in [0.5, 0.6) is 11.5 Å². The lowest BCUT2D eigenvalue weighted by molar-refractivity contribution is -0.123. The lowest BCUT2D eigenvalue weighted by Gasteiger charge is -2.57. The number of hydrogen-bond acceptors (Lipinski definition) is 5. The first-order valence-corrected chi connectivity index (χ1v) is 13.9. The molecule has 0 atom stereocenters. The first-order chi connectivity index (χ1) is 17.4. The molecule has 4 aliphatic carbocycles. The van der Waals surface area contributed by atoms with Gasteiger partial charge in [-0.05, 0) is 116 Å². The second kappa shape index (κ2) is 9.29. The van der Waals surface area contributed by atoms with E-state index in [9.17, 15) is 9.59 Å². The summed E-state index contributed by atoms with van der Waals surface area (Å²) in [6, 6.07) is 14.2. The number of benzene rings is 2. The van der Waals surface area contributed by atoms with Crippen LogP contribution in [0.15, 0.2) is 47.4 Å². The summed E-state index contributed by atoms with van der Waals surface area (Å²) in [6.45, 7) is 2.50. The van der Waals surface area contributed by atoms with E-state index in [0.717, 1.165) is 52.1 Å². The van der Waals surface area contributed by atoms with Crippen molar-refractivity contribution in [2.45, 2.75) is 50.9 Å². The van der Waals surface area contributed by atoms with E-state index in [1.807, 2.05) is 43.3 Å². The highest BCUT2D eigenvalue weighted by molar-refractivity contribution is 8.18. The summed E-state index contributed by atoms with van der Waals surface area (Å²) in [5, 5.41) is -0.255. The molecule has 0 radical (unpaired) electrons. The molecule has 4 saturated carbocycles. The maximum atomic E-state index is 13.1. The minimum absolute atomic E-state index is 0.223. The van der Waals surface area contributed by atoms with Gasteiger partial charge in [-0.3, -0.25) is 14.5 Å². The number of imide groups is 1. The molecule has 5 aliphatic rings. The smallest absolute Gasteiger partial charge is 0.293 e. The summed E-state index contributed by atoms with van der Waals surface area (Å²) in [5.74, 6) is 3.79. The van der Waals surface area contributed by atoms with Crippen LogP contribution >= 0.6 is 11.8 Å². The molecule has 2 amide bonds. The van der Waals surface area contributed by atoms with Crippen molar-refractivity contribution >= 4 is 29.0 Å². The zero-order valence-electron chi connectivity index (χ0n) is 21.0. The third-order valence-corrected chi connectivity index (χ3v) is 9.55. The van der Waals surface area contributed by atoms with Crippen molar-refractivity contribution in [3.8, 4) is 11.5 Å². The predicted octanol–water partition coefficient (Wildman–Crippen LogP) is 6.59. The Labute approximate surface area is 217 Å². The van der Waals surface area contributed by atoms with Crippen LogP contribution in [-0.2, 0) is 10.2 Å². The fraction of sp³-hybridized carbons (Fsp3) is 0.467. The molecule has 0 aromatic heterocycles. The van der Waals surface area contributed by atoms with Crippen LogP contribution in [-0.4, -0.2) is 36.3 Å². The van der Waals surface area contributed by atoms with Gasteiger partial charge in [0.1, 0.15) is 18.1 Å². The Kier molecular flexibility index (Phi) is 6.11. The van der Waals surface area contributed by atoms with E-state index in [4.69, 9.17) is 9.47 Å². The molecule has 0 unspecified atom stereocenters. The van der Waals surface area contributed by atoms with Crippen LogP contribution in [0.4, 0.5) is 4.79 Å². The van der Waals surface area contributed by atoms with Crippen molar-refractivity contribution < 1.29 is 19.1 Å². The Hall–Kier alpha value is -2.73. The molecule has 1 heterocycles. The molecule has 4 bridgehead atoms. The van der Waals surface area contributed by atoms with Crippen molar-refractivity contribution in [1.82, 2.24) is 4.90 Å². The molecule has 0 N–H and O–H groups in total. The van der Waals surface area contributed by atoms with Gasteiger partial charge >= 0.3 is 0 Å². The summed E-state index contributed by atoms with van der Waals surface area (Å²) in [4.78, 5) is 27.5. The summed E-state index contributed by atoms with van der Waals surface area (Å²) >= 11 is 0.997. The van der Waals surface area contributed by atoms with Crippen LogP contribution in [0.1, 0.15) is 55.2 Å². The average molecular weight is 504 g/mol. The van der Waals surface area contributed by atoms with Crippen LogP contribution in [0.2, 0.25) is 0 Å². The van der Waals surface area contributed by atoms with E-state index in [1.165, 1.54) is 49.0 Å². The fourth-order valence-electron chi connectivity index (χ4n) is 7.36. The highest BCUT2D eigenvalue weighted by Crippen LogP contribution is 2.61. The van der Waals surface area contributed by atoms with E-state index in [2.05, 4.69) is 12.1 Å². The van der Waals surface area contributed by atoms with Gasteiger partial charge in [0.15, 0.2) is 0 Å². The third-order valence-electron chi connectivity index (χ3n) is 8.65. The molecule has 0 spiro atoms. The van der Waals surface area contributed by atoms with Gasteiger partial charge in [-0.2, -0.15) is 0 Å². The van der Waals surface area contributed by atoms with E-state index in [0.29, 0.717) is 4.91 Å². The normalized spacial score (nSPS) is 29.9. The minimum atomic E-state index is -0.264. The van der Waals surface area contributed by atoms with Crippen molar-refractivity contribution in [3.05, 3.63) is 64.1 Å². The van der Waals surface area contributed by atoms with Crippen LogP contribution < -0.4 is 9.47 Å². The van der Waals surface area contributed by atoms with Crippen LogP contribution in [0.3, 0.4) is 0 Å². The number of thioether (sulfide) groups is 1. The average Bonchev–Trinajstić information content (AvgIpc) is 3.11. The zero-order chi connectivity index (χ0) is 24.9. The van der Waals surface area contributed by atoms with Gasteiger partial charge in [-0.25, -0.2) is 0 Å². The molecular weight excluding hydrogens is 470 g/mol. The van der Waals surface area contributed by atoms with Gasteiger partial charge in [0.05, 0.1) is 18.6 Å². The Morgan fingerprint density at radius 2 is 1.67 bits per heavy atom. The highest BCUT2D eigenvalue weighted by atomic mass is 32.2. The van der Waals surface area contributed by atoms with E-state index >= 15 is 0 Å². The van der Waals surface area contributed by atoms with E-state index in [1.54, 1.807) is 7.11 Å². The standard InChI is InChI=1S/C30H33NO4S/c1-19-3-6-25(7-4-19)35-10-9-31-28(32)27(36-29(31)33)15-23-14-24(5-8-26(23)34-2)30-16-20-11-21(17-30)13-22(12-20)18-30/h3-8,14-15,20-22H,9-13,16-18H2,1-2H3/b27-15-. The number of ether oxygens (including phenoxy) is 2. The molecule has 5 fully saturated rings. The SMILES string of the molecule is COc1ccc(C23CC4CC(CC(C4)C2)C3)cc1/C=C1\SC(=O)N(CCOc2ccc(C)cc2)C1=O. The number of carbonyl (C=O) groups excluding carboxylic acids is 2. The Bertz CT molecular complexity index is 1180. The van der Waals surface area contributed by atoms with Crippen LogP contribution in [0.25, 0.3) is 6.08 Å². The summed E-state index contributed by atoms with van der Waals surface area (Å²) in [5.41, 5.74) is 3.67. The lowest BCUT2D eigenvalue weighted by atomic mass is 9.48. The van der Waals surface area contributed by atoms with Gasteiger partial charge in [0.25, 0.3) is 11.1 Å². The molecular formula is C30H33NO4S. The number of amides is 2. The van der Waals surface area contributed by atoms with Gasteiger partial charge in [0, 0.05) is 5.56 Å². The molecule has 36 heavy (non-hydrogen) atoms. The number of carbonyl (C=O) groups is 2. The summed E-state index contributed by atoms with van der Waals surface area (Å²) in [7, 11) is 1.66.